The summed E-state index contributed by atoms with van der Waals surface area (Å²) in [7, 11) is -3.83. The van der Waals surface area contributed by atoms with Crippen LogP contribution in [0.3, 0.4) is 0 Å². The van der Waals surface area contributed by atoms with E-state index < -0.39 is 10.0 Å². The van der Waals surface area contributed by atoms with E-state index >= 15 is 0 Å². The van der Waals surface area contributed by atoms with Crippen molar-refractivity contribution >= 4 is 27.3 Å². The molecule has 1 aliphatic rings. The maximum absolute atomic E-state index is 13.2. The van der Waals surface area contributed by atoms with E-state index in [-0.39, 0.29) is 10.8 Å². The van der Waals surface area contributed by atoms with E-state index in [0.29, 0.717) is 17.8 Å². The first-order chi connectivity index (χ1) is 17.0. The van der Waals surface area contributed by atoms with Crippen LogP contribution in [0.1, 0.15) is 34.8 Å². The minimum absolute atomic E-state index is 0.191. The van der Waals surface area contributed by atoms with Crippen molar-refractivity contribution in [3.05, 3.63) is 83.7 Å². The SMILES string of the molecule is CCCc1ccc(S(=O)(=O)Nc2cc(C(=O)NCc3ccncc3)ccc2N2CCNCC2)cc1. The first kappa shape index (κ1) is 24.7. The number of amides is 1. The molecule has 4 rings (SSSR count). The van der Waals surface area contributed by atoms with Gasteiger partial charge in [0.2, 0.25) is 0 Å². The zero-order valence-electron chi connectivity index (χ0n) is 19.8. The summed E-state index contributed by atoms with van der Waals surface area (Å²) in [5.41, 5.74) is 3.55. The number of pyridine rings is 1. The van der Waals surface area contributed by atoms with Gasteiger partial charge in [0, 0.05) is 50.7 Å². The molecule has 3 N–H and O–H groups in total. The highest BCUT2D eigenvalue weighted by Gasteiger charge is 2.21. The number of hydrogen-bond acceptors (Lipinski definition) is 6. The Hall–Kier alpha value is -3.43. The second-order valence-electron chi connectivity index (χ2n) is 8.51. The summed E-state index contributed by atoms with van der Waals surface area (Å²) < 4.78 is 29.2. The molecule has 0 spiro atoms. The van der Waals surface area contributed by atoms with Gasteiger partial charge in [-0.1, -0.05) is 25.5 Å². The van der Waals surface area contributed by atoms with E-state index in [2.05, 4.69) is 32.2 Å². The first-order valence-electron chi connectivity index (χ1n) is 11.8. The zero-order valence-corrected chi connectivity index (χ0v) is 20.6. The number of benzene rings is 2. The molecule has 0 bridgehead atoms. The summed E-state index contributed by atoms with van der Waals surface area (Å²) in [5, 5.41) is 6.19. The van der Waals surface area contributed by atoms with Gasteiger partial charge in [0.25, 0.3) is 15.9 Å². The lowest BCUT2D eigenvalue weighted by Gasteiger charge is -2.31. The fraction of sp³-hybridized carbons (Fsp3) is 0.308. The molecule has 9 heteroatoms. The Morgan fingerprint density at radius 2 is 1.71 bits per heavy atom. The Balaban J connectivity index is 1.59. The van der Waals surface area contributed by atoms with Gasteiger partial charge in [-0.3, -0.25) is 14.5 Å². The molecule has 0 aliphatic carbocycles. The van der Waals surface area contributed by atoms with Crippen LogP contribution in [0.5, 0.6) is 0 Å². The van der Waals surface area contributed by atoms with Gasteiger partial charge in [0.1, 0.15) is 0 Å². The number of carbonyl (C=O) groups is 1. The Morgan fingerprint density at radius 1 is 1.00 bits per heavy atom. The topological polar surface area (TPSA) is 103 Å². The number of sulfonamides is 1. The highest BCUT2D eigenvalue weighted by molar-refractivity contribution is 7.92. The molecule has 1 aromatic heterocycles. The Labute approximate surface area is 206 Å². The molecule has 0 radical (unpaired) electrons. The normalized spacial score (nSPS) is 13.9. The summed E-state index contributed by atoms with van der Waals surface area (Å²) in [4.78, 5) is 19.2. The first-order valence-corrected chi connectivity index (χ1v) is 13.3. The van der Waals surface area contributed by atoms with Crippen LogP contribution in [-0.4, -0.2) is 45.5 Å². The number of piperazine rings is 1. The number of nitrogens with zero attached hydrogens (tertiary/aromatic N) is 2. The predicted octanol–water partition coefficient (Wildman–Crippen LogP) is 3.17. The number of nitrogens with one attached hydrogen (secondary N) is 3. The van der Waals surface area contributed by atoms with Crippen molar-refractivity contribution in [3.63, 3.8) is 0 Å². The van der Waals surface area contributed by atoms with Crippen LogP contribution >= 0.6 is 0 Å². The quantitative estimate of drug-likeness (QED) is 0.423. The number of hydrogen-bond donors (Lipinski definition) is 3. The molecule has 35 heavy (non-hydrogen) atoms. The summed E-state index contributed by atoms with van der Waals surface area (Å²) >= 11 is 0. The van der Waals surface area contributed by atoms with Crippen molar-refractivity contribution in [2.45, 2.75) is 31.2 Å². The van der Waals surface area contributed by atoms with E-state index in [9.17, 15) is 13.2 Å². The van der Waals surface area contributed by atoms with Crippen LogP contribution in [0.15, 0.2) is 71.9 Å². The standard InChI is InChI=1S/C26H31N5O3S/c1-2-3-20-4-7-23(8-5-20)35(33,34)30-24-18-22(6-9-25(24)31-16-14-28-15-17-31)26(32)29-19-21-10-12-27-13-11-21/h4-13,18,28,30H,2-3,14-17,19H2,1H3,(H,29,32). The molecule has 1 fully saturated rings. The van der Waals surface area contributed by atoms with Gasteiger partial charge in [-0.2, -0.15) is 0 Å². The third kappa shape index (κ3) is 6.37. The van der Waals surface area contributed by atoms with Crippen LogP contribution in [-0.2, 0) is 23.0 Å². The number of aryl methyl sites for hydroxylation is 1. The second kappa shape index (κ2) is 11.3. The average Bonchev–Trinajstić information content (AvgIpc) is 2.89. The number of carbonyl (C=O) groups excluding carboxylic acids is 1. The van der Waals surface area contributed by atoms with Crippen molar-refractivity contribution in [1.29, 1.82) is 0 Å². The Kier molecular flexibility index (Phi) is 7.99. The van der Waals surface area contributed by atoms with Crippen molar-refractivity contribution in [3.8, 4) is 0 Å². The minimum Gasteiger partial charge on any atom is -0.367 e. The van der Waals surface area contributed by atoms with Crippen molar-refractivity contribution in [2.75, 3.05) is 35.8 Å². The lowest BCUT2D eigenvalue weighted by molar-refractivity contribution is 0.0951. The van der Waals surface area contributed by atoms with Crippen LogP contribution in [0.2, 0.25) is 0 Å². The van der Waals surface area contributed by atoms with Crippen molar-refractivity contribution in [2.24, 2.45) is 0 Å². The average molecular weight is 494 g/mol. The van der Waals surface area contributed by atoms with E-state index in [4.69, 9.17) is 0 Å². The predicted molar refractivity (Wildman–Crippen MR) is 138 cm³/mol. The number of rotatable bonds is 9. The molecule has 1 amide bonds. The molecule has 2 heterocycles. The van der Waals surface area contributed by atoms with Gasteiger partial charge in [-0.15, -0.1) is 0 Å². The lowest BCUT2D eigenvalue weighted by Crippen LogP contribution is -2.43. The molecule has 3 aromatic rings. The second-order valence-corrected chi connectivity index (χ2v) is 10.2. The van der Waals surface area contributed by atoms with Gasteiger partial charge in [-0.05, 0) is 60.0 Å². The Morgan fingerprint density at radius 3 is 2.40 bits per heavy atom. The summed E-state index contributed by atoms with van der Waals surface area (Å²) in [6.07, 6.45) is 5.24. The zero-order chi connectivity index (χ0) is 24.7. The molecule has 184 valence electrons. The molecule has 0 atom stereocenters. The van der Waals surface area contributed by atoms with Crippen LogP contribution in [0.4, 0.5) is 11.4 Å². The highest BCUT2D eigenvalue weighted by atomic mass is 32.2. The monoisotopic (exact) mass is 493 g/mol. The molecule has 1 saturated heterocycles. The van der Waals surface area contributed by atoms with Crippen LogP contribution in [0.25, 0.3) is 0 Å². The van der Waals surface area contributed by atoms with Gasteiger partial charge >= 0.3 is 0 Å². The van der Waals surface area contributed by atoms with E-state index in [1.165, 1.54) is 0 Å². The number of anilines is 2. The maximum Gasteiger partial charge on any atom is 0.261 e. The van der Waals surface area contributed by atoms with Crippen molar-refractivity contribution < 1.29 is 13.2 Å². The third-order valence-electron chi connectivity index (χ3n) is 5.94. The smallest absolute Gasteiger partial charge is 0.261 e. The van der Waals surface area contributed by atoms with E-state index in [0.717, 1.165) is 55.8 Å². The maximum atomic E-state index is 13.2. The van der Waals surface area contributed by atoms with E-state index in [1.807, 2.05) is 30.3 Å². The number of aromatic nitrogens is 1. The van der Waals surface area contributed by atoms with Gasteiger partial charge in [0.15, 0.2) is 0 Å². The Bertz CT molecular complexity index is 1240. The third-order valence-corrected chi connectivity index (χ3v) is 7.32. The summed E-state index contributed by atoms with van der Waals surface area (Å²) in [5.74, 6) is -0.280. The fourth-order valence-electron chi connectivity index (χ4n) is 4.05. The molecule has 0 saturated carbocycles. The van der Waals surface area contributed by atoms with E-state index in [1.54, 1.807) is 36.7 Å². The molecular weight excluding hydrogens is 462 g/mol. The molecule has 0 unspecified atom stereocenters. The fourth-order valence-corrected chi connectivity index (χ4v) is 5.12. The van der Waals surface area contributed by atoms with Gasteiger partial charge in [-0.25, -0.2) is 8.42 Å². The molecule has 8 nitrogen and oxygen atoms in total. The van der Waals surface area contributed by atoms with Gasteiger partial charge in [0.05, 0.1) is 16.3 Å². The molecule has 1 aliphatic heterocycles. The minimum atomic E-state index is -3.83. The summed E-state index contributed by atoms with van der Waals surface area (Å²) in [6, 6.07) is 15.8. The van der Waals surface area contributed by atoms with Crippen LogP contribution in [0, 0.1) is 0 Å². The van der Waals surface area contributed by atoms with Crippen molar-refractivity contribution in [1.82, 2.24) is 15.6 Å². The van der Waals surface area contributed by atoms with Crippen LogP contribution < -0.4 is 20.3 Å². The lowest BCUT2D eigenvalue weighted by atomic mass is 10.1. The van der Waals surface area contributed by atoms with Gasteiger partial charge < -0.3 is 15.5 Å². The molecular formula is C26H31N5O3S. The highest BCUT2D eigenvalue weighted by Crippen LogP contribution is 2.30. The summed E-state index contributed by atoms with van der Waals surface area (Å²) in [6.45, 7) is 5.54. The molecule has 2 aromatic carbocycles. The largest absolute Gasteiger partial charge is 0.367 e.